The van der Waals surface area contributed by atoms with E-state index in [2.05, 4.69) is 21.2 Å². The highest BCUT2D eigenvalue weighted by molar-refractivity contribution is 9.10. The van der Waals surface area contributed by atoms with Gasteiger partial charge in [-0.3, -0.25) is 9.59 Å². The Bertz CT molecular complexity index is 1390. The summed E-state index contributed by atoms with van der Waals surface area (Å²) in [6.07, 6.45) is 0.201. The van der Waals surface area contributed by atoms with Crippen LogP contribution in [0.5, 0.6) is 0 Å². The number of anilines is 1. The van der Waals surface area contributed by atoms with Crippen molar-refractivity contribution < 1.29 is 22.4 Å². The highest BCUT2D eigenvalue weighted by Gasteiger charge is 2.35. The number of amides is 2. The molecule has 2 amide bonds. The SMILES string of the molecule is CCNC(=O)[C@@H](Cc1ccccc1)N(Cc1cccc(Br)c1)C(=O)CN(c1ccccc1F)S(=O)(=O)N(C)C. The van der Waals surface area contributed by atoms with Crippen molar-refractivity contribution in [1.29, 1.82) is 0 Å². The molecule has 0 aliphatic rings. The summed E-state index contributed by atoms with van der Waals surface area (Å²) in [5.41, 5.74) is 1.29. The number of hydrogen-bond donors (Lipinski definition) is 1. The summed E-state index contributed by atoms with van der Waals surface area (Å²) in [5, 5.41) is 2.80. The number of carbonyl (C=O) groups is 2. The molecule has 0 aliphatic carbocycles. The average molecular weight is 620 g/mol. The molecule has 208 valence electrons. The molecule has 0 spiro atoms. The summed E-state index contributed by atoms with van der Waals surface area (Å²) < 4.78 is 43.8. The van der Waals surface area contributed by atoms with Crippen LogP contribution in [-0.4, -0.2) is 62.7 Å². The molecule has 0 saturated heterocycles. The molecule has 0 radical (unpaired) electrons. The van der Waals surface area contributed by atoms with E-state index >= 15 is 0 Å². The first-order valence-electron chi connectivity index (χ1n) is 12.3. The molecule has 3 aromatic carbocycles. The van der Waals surface area contributed by atoms with Crippen LogP contribution in [0, 0.1) is 5.82 Å². The standard InChI is InChI=1S/C28H32BrFN4O4S/c1-4-31-28(36)26(18-21-11-6-5-7-12-21)33(19-22-13-10-14-23(29)17-22)27(35)20-34(39(37,38)32(2)3)25-16-9-8-15-24(25)30/h5-17,26H,4,18-20H2,1-3H3,(H,31,36)/t26-/m1/s1. The number of carbonyl (C=O) groups excluding carboxylic acids is 2. The second-order valence-corrected chi connectivity index (χ2v) is 12.0. The number of nitrogens with one attached hydrogen (secondary N) is 1. The lowest BCUT2D eigenvalue weighted by molar-refractivity contribution is -0.140. The first kappa shape index (κ1) is 30.3. The minimum Gasteiger partial charge on any atom is -0.355 e. The van der Waals surface area contributed by atoms with Crippen LogP contribution >= 0.6 is 15.9 Å². The topological polar surface area (TPSA) is 90.0 Å². The Labute approximate surface area is 237 Å². The minimum atomic E-state index is -4.27. The Morgan fingerprint density at radius 1 is 0.949 bits per heavy atom. The number of para-hydroxylation sites is 1. The summed E-state index contributed by atoms with van der Waals surface area (Å²) in [6, 6.07) is 20.9. The highest BCUT2D eigenvalue weighted by Crippen LogP contribution is 2.24. The maximum Gasteiger partial charge on any atom is 0.304 e. The molecular weight excluding hydrogens is 587 g/mol. The van der Waals surface area contributed by atoms with Crippen molar-refractivity contribution in [3.05, 3.63) is 100 Å². The molecule has 0 saturated carbocycles. The van der Waals surface area contributed by atoms with Crippen molar-refractivity contribution in [3.63, 3.8) is 0 Å². The smallest absolute Gasteiger partial charge is 0.304 e. The maximum atomic E-state index is 14.8. The van der Waals surface area contributed by atoms with Gasteiger partial charge in [-0.25, -0.2) is 8.70 Å². The van der Waals surface area contributed by atoms with E-state index in [1.165, 1.54) is 37.2 Å². The first-order valence-corrected chi connectivity index (χ1v) is 14.5. The van der Waals surface area contributed by atoms with Gasteiger partial charge in [-0.1, -0.05) is 70.5 Å². The lowest BCUT2D eigenvalue weighted by atomic mass is 10.0. The Kier molecular flexibility index (Phi) is 10.6. The van der Waals surface area contributed by atoms with Gasteiger partial charge in [-0.15, -0.1) is 0 Å². The van der Waals surface area contributed by atoms with E-state index < -0.39 is 34.5 Å². The molecule has 39 heavy (non-hydrogen) atoms. The van der Waals surface area contributed by atoms with Gasteiger partial charge < -0.3 is 10.2 Å². The lowest BCUT2D eigenvalue weighted by Crippen LogP contribution is -2.54. The van der Waals surface area contributed by atoms with Crippen LogP contribution in [-0.2, 0) is 32.8 Å². The summed E-state index contributed by atoms with van der Waals surface area (Å²) in [7, 11) is -1.66. The monoisotopic (exact) mass is 618 g/mol. The summed E-state index contributed by atoms with van der Waals surface area (Å²) in [6.45, 7) is 1.45. The molecule has 1 N–H and O–H groups in total. The molecule has 11 heteroatoms. The van der Waals surface area contributed by atoms with Gasteiger partial charge >= 0.3 is 10.2 Å². The molecule has 0 bridgehead atoms. The van der Waals surface area contributed by atoms with Crippen molar-refractivity contribution in [1.82, 2.24) is 14.5 Å². The second-order valence-electron chi connectivity index (χ2n) is 9.00. The van der Waals surface area contributed by atoms with E-state index in [1.54, 1.807) is 6.92 Å². The quantitative estimate of drug-likeness (QED) is 0.332. The highest BCUT2D eigenvalue weighted by atomic mass is 79.9. The molecule has 0 unspecified atom stereocenters. The van der Waals surface area contributed by atoms with E-state index in [1.807, 2.05) is 54.6 Å². The van der Waals surface area contributed by atoms with Crippen molar-refractivity contribution in [2.24, 2.45) is 0 Å². The third kappa shape index (κ3) is 7.87. The fourth-order valence-corrected chi connectivity index (χ4v) is 5.54. The van der Waals surface area contributed by atoms with Gasteiger partial charge in [0.15, 0.2) is 0 Å². The number of likely N-dealkylation sites (N-methyl/N-ethyl adjacent to an activating group) is 1. The van der Waals surface area contributed by atoms with Crippen LogP contribution in [0.15, 0.2) is 83.3 Å². The summed E-state index contributed by atoms with van der Waals surface area (Å²) >= 11 is 3.44. The van der Waals surface area contributed by atoms with Gasteiger partial charge in [0.25, 0.3) is 0 Å². The predicted octanol–water partition coefficient (Wildman–Crippen LogP) is 3.98. The van der Waals surface area contributed by atoms with Gasteiger partial charge in [0.1, 0.15) is 18.4 Å². The fourth-order valence-electron chi connectivity index (χ4n) is 4.03. The van der Waals surface area contributed by atoms with Crippen LogP contribution in [0.3, 0.4) is 0 Å². The largest absolute Gasteiger partial charge is 0.355 e. The van der Waals surface area contributed by atoms with Crippen molar-refractivity contribution >= 4 is 43.6 Å². The zero-order valence-corrected chi connectivity index (χ0v) is 24.5. The maximum absolute atomic E-state index is 14.8. The van der Waals surface area contributed by atoms with Gasteiger partial charge in [0.2, 0.25) is 11.8 Å². The van der Waals surface area contributed by atoms with Crippen LogP contribution in [0.2, 0.25) is 0 Å². The predicted molar refractivity (Wildman–Crippen MR) is 154 cm³/mol. The molecule has 0 fully saturated rings. The van der Waals surface area contributed by atoms with Gasteiger partial charge in [-0.05, 0) is 42.3 Å². The molecular formula is C28H32BrFN4O4S. The van der Waals surface area contributed by atoms with Crippen LogP contribution in [0.25, 0.3) is 0 Å². The Morgan fingerprint density at radius 3 is 2.21 bits per heavy atom. The molecule has 8 nitrogen and oxygen atoms in total. The van der Waals surface area contributed by atoms with Gasteiger partial charge in [-0.2, -0.15) is 12.7 Å². The number of benzene rings is 3. The molecule has 0 aliphatic heterocycles. The number of halogens is 2. The van der Waals surface area contributed by atoms with Crippen LogP contribution in [0.1, 0.15) is 18.1 Å². The van der Waals surface area contributed by atoms with Crippen molar-refractivity contribution in [2.75, 3.05) is 31.5 Å². The van der Waals surface area contributed by atoms with Crippen LogP contribution < -0.4 is 9.62 Å². The molecule has 3 aromatic rings. The van der Waals surface area contributed by atoms with E-state index in [4.69, 9.17) is 0 Å². The van der Waals surface area contributed by atoms with Gasteiger partial charge in [0.05, 0.1) is 5.69 Å². The third-order valence-electron chi connectivity index (χ3n) is 6.00. The Hall–Kier alpha value is -3.28. The number of nitrogens with zero attached hydrogens (tertiary/aromatic N) is 3. The lowest BCUT2D eigenvalue weighted by Gasteiger charge is -2.34. The van der Waals surface area contributed by atoms with E-state index in [0.717, 1.165) is 30.3 Å². The number of hydrogen-bond acceptors (Lipinski definition) is 4. The first-order chi connectivity index (χ1) is 18.5. The van der Waals surface area contributed by atoms with E-state index in [-0.39, 0.29) is 24.6 Å². The van der Waals surface area contributed by atoms with Crippen molar-refractivity contribution in [3.8, 4) is 0 Å². The van der Waals surface area contributed by atoms with E-state index in [9.17, 15) is 22.4 Å². The summed E-state index contributed by atoms with van der Waals surface area (Å²) in [4.78, 5) is 28.7. The second kappa shape index (κ2) is 13.7. The third-order valence-corrected chi connectivity index (χ3v) is 8.30. The average Bonchev–Trinajstić information content (AvgIpc) is 2.90. The molecule has 0 heterocycles. The van der Waals surface area contributed by atoms with Crippen molar-refractivity contribution in [2.45, 2.75) is 25.9 Å². The minimum absolute atomic E-state index is 0.0278. The zero-order chi connectivity index (χ0) is 28.6. The Morgan fingerprint density at radius 2 is 1.59 bits per heavy atom. The zero-order valence-electron chi connectivity index (χ0n) is 22.1. The van der Waals surface area contributed by atoms with Crippen LogP contribution in [0.4, 0.5) is 10.1 Å². The fraction of sp³-hybridized carbons (Fsp3) is 0.286. The van der Waals surface area contributed by atoms with E-state index in [0.29, 0.717) is 6.54 Å². The van der Waals surface area contributed by atoms with Gasteiger partial charge in [0, 0.05) is 38.1 Å². The molecule has 1 atom stereocenters. The normalized spacial score (nSPS) is 12.2. The Balaban J connectivity index is 2.09. The molecule has 3 rings (SSSR count). The number of rotatable bonds is 12. The molecule has 0 aromatic heterocycles. The summed E-state index contributed by atoms with van der Waals surface area (Å²) in [5.74, 6) is -1.83.